The van der Waals surface area contributed by atoms with Crippen LogP contribution in [0, 0.1) is 11.8 Å². The average Bonchev–Trinajstić information content (AvgIpc) is 3.20. The van der Waals surface area contributed by atoms with E-state index in [1.807, 2.05) is 18.2 Å². The number of aliphatic imine (C=N–C) groups is 1. The van der Waals surface area contributed by atoms with Gasteiger partial charge in [0.25, 0.3) is 0 Å². The standard InChI is InChI=1S/C23H21N3S2/c1-3-5-6-21-11-12-22(28-21)23-24-14-17(15-25-23)7-8-19-9-10-20(26-16-27)13-18(19)4-2/h9-15H,3-6H2,1-2H3. The molecule has 0 saturated heterocycles. The van der Waals surface area contributed by atoms with Crippen molar-refractivity contribution in [2.45, 2.75) is 39.5 Å². The number of hydrogen-bond donors (Lipinski definition) is 0. The zero-order valence-electron chi connectivity index (χ0n) is 16.0. The molecule has 0 radical (unpaired) electrons. The summed E-state index contributed by atoms with van der Waals surface area (Å²) in [6, 6.07) is 10.1. The summed E-state index contributed by atoms with van der Waals surface area (Å²) in [6.45, 7) is 4.31. The number of nitrogens with zero attached hydrogens (tertiary/aromatic N) is 3. The van der Waals surface area contributed by atoms with Gasteiger partial charge in [0.05, 0.1) is 21.3 Å². The molecule has 0 saturated carbocycles. The molecule has 3 rings (SSSR count). The van der Waals surface area contributed by atoms with Gasteiger partial charge in [-0.3, -0.25) is 0 Å². The van der Waals surface area contributed by atoms with Crippen molar-refractivity contribution in [3.8, 4) is 22.5 Å². The maximum absolute atomic E-state index is 4.67. The van der Waals surface area contributed by atoms with Crippen molar-refractivity contribution in [3.05, 3.63) is 64.3 Å². The molecular weight excluding hydrogens is 382 g/mol. The van der Waals surface area contributed by atoms with Crippen LogP contribution in [0.2, 0.25) is 0 Å². The molecular formula is C23H21N3S2. The van der Waals surface area contributed by atoms with E-state index in [4.69, 9.17) is 0 Å². The third-order valence-corrected chi connectivity index (χ3v) is 5.53. The van der Waals surface area contributed by atoms with Crippen LogP contribution in [0.3, 0.4) is 0 Å². The number of benzene rings is 1. The van der Waals surface area contributed by atoms with Crippen molar-refractivity contribution >= 4 is 34.4 Å². The van der Waals surface area contributed by atoms with E-state index in [9.17, 15) is 0 Å². The molecule has 2 heterocycles. The second-order valence-electron chi connectivity index (χ2n) is 6.31. The van der Waals surface area contributed by atoms with Crippen LogP contribution < -0.4 is 0 Å². The van der Waals surface area contributed by atoms with Gasteiger partial charge in [0, 0.05) is 22.8 Å². The highest BCUT2D eigenvalue weighted by molar-refractivity contribution is 7.78. The summed E-state index contributed by atoms with van der Waals surface area (Å²) < 4.78 is 0. The fourth-order valence-electron chi connectivity index (χ4n) is 2.76. The van der Waals surface area contributed by atoms with Crippen LogP contribution in [0.15, 0.2) is 47.7 Å². The molecule has 5 heteroatoms. The van der Waals surface area contributed by atoms with Crippen LogP contribution in [0.25, 0.3) is 10.7 Å². The Hall–Kier alpha value is -2.64. The van der Waals surface area contributed by atoms with E-state index in [0.29, 0.717) is 0 Å². The number of rotatable bonds is 6. The first kappa shape index (κ1) is 20.1. The minimum absolute atomic E-state index is 0.759. The lowest BCUT2D eigenvalue weighted by Crippen LogP contribution is -1.89. The van der Waals surface area contributed by atoms with Gasteiger partial charge in [0.2, 0.25) is 0 Å². The number of isothiocyanates is 1. The van der Waals surface area contributed by atoms with Gasteiger partial charge in [-0.15, -0.1) is 11.3 Å². The van der Waals surface area contributed by atoms with E-state index in [1.54, 1.807) is 23.7 Å². The first-order chi connectivity index (χ1) is 13.7. The van der Waals surface area contributed by atoms with Crippen molar-refractivity contribution in [3.63, 3.8) is 0 Å². The fraction of sp³-hybridized carbons (Fsp3) is 0.261. The Balaban J connectivity index is 1.77. The third kappa shape index (κ3) is 5.21. The predicted octanol–water partition coefficient (Wildman–Crippen LogP) is 6.24. The van der Waals surface area contributed by atoms with Crippen LogP contribution in [0.1, 0.15) is 48.3 Å². The summed E-state index contributed by atoms with van der Waals surface area (Å²) >= 11 is 6.44. The normalized spacial score (nSPS) is 10.1. The largest absolute Gasteiger partial charge is 0.235 e. The summed E-state index contributed by atoms with van der Waals surface area (Å²) in [5, 5.41) is 2.40. The summed E-state index contributed by atoms with van der Waals surface area (Å²) in [4.78, 5) is 15.5. The summed E-state index contributed by atoms with van der Waals surface area (Å²) in [7, 11) is 0. The summed E-state index contributed by atoms with van der Waals surface area (Å²) in [5.74, 6) is 7.14. The second-order valence-corrected chi connectivity index (χ2v) is 7.66. The van der Waals surface area contributed by atoms with E-state index in [1.165, 1.54) is 17.7 Å². The zero-order valence-corrected chi connectivity index (χ0v) is 17.7. The summed E-state index contributed by atoms with van der Waals surface area (Å²) in [6.07, 6.45) is 8.00. The number of hydrogen-bond acceptors (Lipinski definition) is 5. The van der Waals surface area contributed by atoms with E-state index >= 15 is 0 Å². The Kier molecular flexibility index (Phi) is 7.22. The van der Waals surface area contributed by atoms with Gasteiger partial charge >= 0.3 is 0 Å². The lowest BCUT2D eigenvalue weighted by atomic mass is 10.0. The molecule has 0 spiro atoms. The SMILES string of the molecule is CCCCc1ccc(-c2ncc(C#Cc3ccc(N=C=S)cc3CC)cn2)s1. The van der Waals surface area contributed by atoms with E-state index < -0.39 is 0 Å². The molecule has 0 N–H and O–H groups in total. The van der Waals surface area contributed by atoms with Crippen LogP contribution >= 0.6 is 23.6 Å². The molecule has 3 aromatic rings. The van der Waals surface area contributed by atoms with Gasteiger partial charge in [0.15, 0.2) is 5.82 Å². The molecule has 0 fully saturated rings. The molecule has 2 aromatic heterocycles. The molecule has 0 aliphatic rings. The van der Waals surface area contributed by atoms with Crippen molar-refractivity contribution in [1.82, 2.24) is 9.97 Å². The van der Waals surface area contributed by atoms with Crippen LogP contribution in [-0.4, -0.2) is 15.1 Å². The predicted molar refractivity (Wildman–Crippen MR) is 120 cm³/mol. The molecule has 140 valence electrons. The highest BCUT2D eigenvalue weighted by Gasteiger charge is 2.05. The van der Waals surface area contributed by atoms with Gasteiger partial charge in [-0.05, 0) is 67.4 Å². The van der Waals surface area contributed by atoms with Crippen LogP contribution in [-0.2, 0) is 12.8 Å². The molecule has 0 atom stereocenters. The zero-order chi connectivity index (χ0) is 19.8. The summed E-state index contributed by atoms with van der Waals surface area (Å²) in [5.41, 5.74) is 3.72. The number of unbranched alkanes of at least 4 members (excludes halogenated alkanes) is 1. The van der Waals surface area contributed by atoms with Crippen molar-refractivity contribution in [2.24, 2.45) is 4.99 Å². The first-order valence-electron chi connectivity index (χ1n) is 9.37. The van der Waals surface area contributed by atoms with Crippen molar-refractivity contribution < 1.29 is 0 Å². The van der Waals surface area contributed by atoms with Crippen LogP contribution in [0.4, 0.5) is 5.69 Å². The number of thiophene rings is 1. The van der Waals surface area contributed by atoms with Crippen molar-refractivity contribution in [1.29, 1.82) is 0 Å². The lowest BCUT2D eigenvalue weighted by molar-refractivity contribution is 0.804. The van der Waals surface area contributed by atoms with E-state index in [-0.39, 0.29) is 0 Å². The Labute approximate surface area is 175 Å². The molecule has 28 heavy (non-hydrogen) atoms. The maximum atomic E-state index is 4.67. The minimum Gasteiger partial charge on any atom is -0.235 e. The Morgan fingerprint density at radius 1 is 1.07 bits per heavy atom. The number of aromatic nitrogens is 2. The fourth-order valence-corrected chi connectivity index (χ4v) is 3.86. The number of aryl methyl sites for hydroxylation is 2. The highest BCUT2D eigenvalue weighted by atomic mass is 32.1. The second kappa shape index (κ2) is 10.1. The van der Waals surface area contributed by atoms with Gasteiger partial charge in [-0.25, -0.2) is 9.97 Å². The lowest BCUT2D eigenvalue weighted by Gasteiger charge is -2.02. The Morgan fingerprint density at radius 3 is 2.61 bits per heavy atom. The van der Waals surface area contributed by atoms with Gasteiger partial charge in [-0.1, -0.05) is 32.1 Å². The molecule has 1 aromatic carbocycles. The Bertz CT molecular complexity index is 1050. The monoisotopic (exact) mass is 403 g/mol. The van der Waals surface area contributed by atoms with Gasteiger partial charge in [-0.2, -0.15) is 4.99 Å². The van der Waals surface area contributed by atoms with Crippen LogP contribution in [0.5, 0.6) is 0 Å². The molecule has 0 aliphatic carbocycles. The van der Waals surface area contributed by atoms with E-state index in [0.717, 1.165) is 45.9 Å². The Morgan fingerprint density at radius 2 is 1.89 bits per heavy atom. The maximum Gasteiger partial charge on any atom is 0.169 e. The number of thiocarbonyl (C=S) groups is 1. The molecule has 0 unspecified atom stereocenters. The third-order valence-electron chi connectivity index (χ3n) is 4.30. The first-order valence-corrected chi connectivity index (χ1v) is 10.6. The molecule has 0 amide bonds. The van der Waals surface area contributed by atoms with E-state index in [2.05, 4.69) is 70.2 Å². The van der Waals surface area contributed by atoms with Gasteiger partial charge in [0.1, 0.15) is 0 Å². The van der Waals surface area contributed by atoms with Crippen molar-refractivity contribution in [2.75, 3.05) is 0 Å². The smallest absolute Gasteiger partial charge is 0.169 e. The van der Waals surface area contributed by atoms with Gasteiger partial charge < -0.3 is 0 Å². The minimum atomic E-state index is 0.759. The molecule has 3 nitrogen and oxygen atoms in total. The average molecular weight is 404 g/mol. The molecule has 0 bridgehead atoms. The highest BCUT2D eigenvalue weighted by Crippen LogP contribution is 2.26. The molecule has 0 aliphatic heterocycles. The quantitative estimate of drug-likeness (QED) is 0.278. The topological polar surface area (TPSA) is 38.1 Å².